The van der Waals surface area contributed by atoms with Gasteiger partial charge >= 0.3 is 0 Å². The third kappa shape index (κ3) is 4.71. The molecular formula is C24H26N4O3S. The molecule has 4 rings (SSSR count). The van der Waals surface area contributed by atoms with Crippen LogP contribution in [0.15, 0.2) is 84.1 Å². The lowest BCUT2D eigenvalue weighted by Crippen LogP contribution is -2.47. The predicted molar refractivity (Wildman–Crippen MR) is 121 cm³/mol. The van der Waals surface area contributed by atoms with E-state index in [4.69, 9.17) is 0 Å². The quantitative estimate of drug-likeness (QED) is 0.621. The third-order valence-corrected chi connectivity index (χ3v) is 7.58. The van der Waals surface area contributed by atoms with Crippen molar-refractivity contribution >= 4 is 15.9 Å². The van der Waals surface area contributed by atoms with E-state index in [0.717, 1.165) is 11.3 Å². The molecule has 1 saturated heterocycles. The molecule has 0 saturated carbocycles. The first-order valence-corrected chi connectivity index (χ1v) is 12.1. The van der Waals surface area contributed by atoms with Crippen LogP contribution in [0.5, 0.6) is 0 Å². The number of nitrogens with one attached hydrogen (secondary N) is 1. The highest BCUT2D eigenvalue weighted by Crippen LogP contribution is 2.37. The molecule has 1 N–H and O–H groups in total. The summed E-state index contributed by atoms with van der Waals surface area (Å²) in [5, 5.41) is 2.98. The fourth-order valence-electron chi connectivity index (χ4n) is 4.08. The van der Waals surface area contributed by atoms with Gasteiger partial charge in [-0.1, -0.05) is 42.5 Å². The van der Waals surface area contributed by atoms with E-state index >= 15 is 0 Å². The van der Waals surface area contributed by atoms with Crippen molar-refractivity contribution in [2.24, 2.45) is 5.92 Å². The van der Waals surface area contributed by atoms with Crippen molar-refractivity contribution in [2.75, 3.05) is 6.54 Å². The molecule has 3 atom stereocenters. The molecule has 1 aromatic carbocycles. The summed E-state index contributed by atoms with van der Waals surface area (Å²) < 4.78 is 28.4. The number of benzene rings is 1. The van der Waals surface area contributed by atoms with Crippen LogP contribution in [0, 0.1) is 5.92 Å². The first-order valence-electron chi connectivity index (χ1n) is 10.7. The number of carbonyl (C=O) groups excluding carboxylic acids is 1. The number of carbonyl (C=O) groups is 1. The Morgan fingerprint density at radius 2 is 1.66 bits per heavy atom. The number of aromatic nitrogens is 2. The number of hydrogen-bond acceptors (Lipinski definition) is 5. The largest absolute Gasteiger partial charge is 0.348 e. The molecule has 0 radical (unpaired) electrons. The summed E-state index contributed by atoms with van der Waals surface area (Å²) in [4.78, 5) is 21.4. The van der Waals surface area contributed by atoms with Gasteiger partial charge in [0.25, 0.3) is 10.0 Å². The van der Waals surface area contributed by atoms with Crippen LogP contribution in [0.4, 0.5) is 0 Å². The van der Waals surface area contributed by atoms with Gasteiger partial charge in [-0.3, -0.25) is 9.78 Å². The van der Waals surface area contributed by atoms with Gasteiger partial charge in [0.05, 0.1) is 23.7 Å². The number of amides is 1. The molecule has 7 nitrogen and oxygen atoms in total. The van der Waals surface area contributed by atoms with Crippen LogP contribution in [-0.4, -0.2) is 35.1 Å². The van der Waals surface area contributed by atoms with Gasteiger partial charge in [-0.2, -0.15) is 4.31 Å². The highest BCUT2D eigenvalue weighted by molar-refractivity contribution is 7.89. The second-order valence-electron chi connectivity index (χ2n) is 7.93. The van der Waals surface area contributed by atoms with Crippen molar-refractivity contribution in [3.63, 3.8) is 0 Å². The molecule has 1 aliphatic heterocycles. The molecule has 32 heavy (non-hydrogen) atoms. The zero-order valence-corrected chi connectivity index (χ0v) is 18.7. The van der Waals surface area contributed by atoms with E-state index in [-0.39, 0.29) is 29.6 Å². The molecule has 0 bridgehead atoms. The lowest BCUT2D eigenvalue weighted by Gasteiger charge is -2.38. The highest BCUT2D eigenvalue weighted by Gasteiger charge is 2.40. The highest BCUT2D eigenvalue weighted by atomic mass is 32.2. The Balaban J connectivity index is 1.59. The van der Waals surface area contributed by atoms with Crippen molar-refractivity contribution in [3.05, 3.63) is 90.4 Å². The zero-order valence-electron chi connectivity index (χ0n) is 17.8. The number of piperidine rings is 1. The number of nitrogens with zero attached hydrogens (tertiary/aromatic N) is 3. The van der Waals surface area contributed by atoms with E-state index in [0.29, 0.717) is 12.8 Å². The van der Waals surface area contributed by atoms with Gasteiger partial charge in [-0.15, -0.1) is 0 Å². The molecule has 3 heterocycles. The topological polar surface area (TPSA) is 92.3 Å². The van der Waals surface area contributed by atoms with Crippen molar-refractivity contribution in [1.29, 1.82) is 0 Å². The summed E-state index contributed by atoms with van der Waals surface area (Å²) in [6.07, 6.45) is 4.29. The summed E-state index contributed by atoms with van der Waals surface area (Å²) in [5.74, 6) is -0.629. The van der Waals surface area contributed by atoms with Crippen LogP contribution in [0.25, 0.3) is 0 Å². The molecule has 1 amide bonds. The average Bonchev–Trinajstić information content (AvgIpc) is 2.85. The molecule has 8 heteroatoms. The number of hydrogen-bond donors (Lipinski definition) is 1. The van der Waals surface area contributed by atoms with Crippen LogP contribution >= 0.6 is 0 Å². The Morgan fingerprint density at radius 1 is 0.969 bits per heavy atom. The SMILES string of the molecule is CC(NC(=O)[C@@H]1CC[C@H](c2ccccc2)N(S(=O)(=O)c2ccccn2)C1)c1ccccn1. The summed E-state index contributed by atoms with van der Waals surface area (Å²) in [5.41, 5.74) is 1.67. The van der Waals surface area contributed by atoms with E-state index in [1.807, 2.05) is 55.5 Å². The maximum absolute atomic E-state index is 13.5. The van der Waals surface area contributed by atoms with Gasteiger partial charge in [0.2, 0.25) is 5.91 Å². The van der Waals surface area contributed by atoms with Crippen LogP contribution in [0.1, 0.15) is 43.1 Å². The molecular weight excluding hydrogens is 424 g/mol. The van der Waals surface area contributed by atoms with Crippen LogP contribution in [0.3, 0.4) is 0 Å². The Hall–Kier alpha value is -3.10. The van der Waals surface area contributed by atoms with Gasteiger partial charge in [-0.05, 0) is 49.6 Å². The van der Waals surface area contributed by atoms with Crippen molar-refractivity contribution in [1.82, 2.24) is 19.6 Å². The molecule has 1 aliphatic rings. The summed E-state index contributed by atoms with van der Waals surface area (Å²) in [6, 6.07) is 19.3. The summed E-state index contributed by atoms with van der Waals surface area (Å²) in [6.45, 7) is 1.97. The maximum atomic E-state index is 13.5. The van der Waals surface area contributed by atoms with Gasteiger partial charge in [0, 0.05) is 18.9 Å². The van der Waals surface area contributed by atoms with E-state index < -0.39 is 15.9 Å². The third-order valence-electron chi connectivity index (χ3n) is 5.79. The van der Waals surface area contributed by atoms with Crippen molar-refractivity contribution in [3.8, 4) is 0 Å². The lowest BCUT2D eigenvalue weighted by atomic mass is 9.90. The van der Waals surface area contributed by atoms with E-state index in [1.54, 1.807) is 18.3 Å². The Kier molecular flexibility index (Phi) is 6.62. The first-order chi connectivity index (χ1) is 15.5. The molecule has 3 aromatic rings. The normalized spacial score (nSPS) is 20.4. The molecule has 166 valence electrons. The van der Waals surface area contributed by atoms with E-state index in [2.05, 4.69) is 15.3 Å². The van der Waals surface area contributed by atoms with E-state index in [1.165, 1.54) is 16.6 Å². The number of rotatable bonds is 6. The second kappa shape index (κ2) is 9.58. The molecule has 0 aliphatic carbocycles. The predicted octanol–water partition coefficient (Wildman–Crippen LogP) is 3.50. The second-order valence-corrected chi connectivity index (χ2v) is 9.77. The number of sulfonamides is 1. The maximum Gasteiger partial charge on any atom is 0.261 e. The monoisotopic (exact) mass is 450 g/mol. The van der Waals surface area contributed by atoms with Gasteiger partial charge in [0.1, 0.15) is 0 Å². The molecule has 0 spiro atoms. The zero-order chi connectivity index (χ0) is 22.6. The van der Waals surface area contributed by atoms with Crippen molar-refractivity contribution < 1.29 is 13.2 Å². The Morgan fingerprint density at radius 3 is 2.31 bits per heavy atom. The Labute approximate surface area is 188 Å². The fraction of sp³-hybridized carbons (Fsp3) is 0.292. The van der Waals surface area contributed by atoms with Crippen LogP contribution in [-0.2, 0) is 14.8 Å². The standard InChI is InChI=1S/C24H26N4O3S/c1-18(21-11-5-7-15-25-21)27-24(29)20-13-14-22(19-9-3-2-4-10-19)28(17-20)32(30,31)23-12-6-8-16-26-23/h2-12,15-16,18,20,22H,13-14,17H2,1H3,(H,27,29)/t18?,20-,22-/m1/s1. The van der Waals surface area contributed by atoms with Gasteiger partial charge in [0.15, 0.2) is 5.03 Å². The average molecular weight is 451 g/mol. The minimum atomic E-state index is -3.88. The summed E-state index contributed by atoms with van der Waals surface area (Å²) in [7, 11) is -3.88. The van der Waals surface area contributed by atoms with Gasteiger partial charge < -0.3 is 5.32 Å². The fourth-order valence-corrected chi connectivity index (χ4v) is 5.71. The smallest absolute Gasteiger partial charge is 0.261 e. The minimum Gasteiger partial charge on any atom is -0.348 e. The number of pyridine rings is 2. The first kappa shape index (κ1) is 22.1. The lowest BCUT2D eigenvalue weighted by molar-refractivity contribution is -0.127. The summed E-state index contributed by atoms with van der Waals surface area (Å²) >= 11 is 0. The Bertz CT molecular complexity index is 1140. The van der Waals surface area contributed by atoms with Crippen molar-refractivity contribution in [2.45, 2.75) is 36.9 Å². The molecule has 1 unspecified atom stereocenters. The molecule has 2 aromatic heterocycles. The van der Waals surface area contributed by atoms with E-state index in [9.17, 15) is 13.2 Å². The van der Waals surface area contributed by atoms with Crippen LogP contribution in [0.2, 0.25) is 0 Å². The molecule has 1 fully saturated rings. The van der Waals surface area contributed by atoms with Gasteiger partial charge in [-0.25, -0.2) is 13.4 Å². The van der Waals surface area contributed by atoms with Crippen LogP contribution < -0.4 is 5.32 Å². The minimum absolute atomic E-state index is 0.0103.